The molecule has 1 N–H and O–H groups in total. The molecule has 0 bridgehead atoms. The largest absolute Gasteiger partial charge is 0.322 e. The molecule has 0 aliphatic heterocycles. The molecule has 1 amide bonds. The number of nitrogens with zero attached hydrogens (tertiary/aromatic N) is 2. The molecule has 0 saturated heterocycles. The highest BCUT2D eigenvalue weighted by atomic mass is 32.2. The van der Waals surface area contributed by atoms with E-state index in [2.05, 4.69) is 10.3 Å². The average Bonchev–Trinajstić information content (AvgIpc) is 2.69. The van der Waals surface area contributed by atoms with Gasteiger partial charge in [0.1, 0.15) is 0 Å². The number of anilines is 1. The van der Waals surface area contributed by atoms with Crippen LogP contribution in [0, 0.1) is 17.0 Å². The second-order valence-corrected chi connectivity index (χ2v) is 7.87. The Labute approximate surface area is 160 Å². The summed E-state index contributed by atoms with van der Waals surface area (Å²) in [6, 6.07) is 13.7. The van der Waals surface area contributed by atoms with Crippen LogP contribution in [0.5, 0.6) is 0 Å². The molecule has 1 heterocycles. The first-order valence-corrected chi connectivity index (χ1v) is 9.59. The highest BCUT2D eigenvalue weighted by Gasteiger charge is 2.19. The molecule has 0 aliphatic carbocycles. The molecule has 28 heavy (non-hydrogen) atoms. The Morgan fingerprint density at radius 3 is 2.04 bits per heavy atom. The van der Waals surface area contributed by atoms with Crippen LogP contribution in [0.15, 0.2) is 76.7 Å². The lowest BCUT2D eigenvalue weighted by Crippen LogP contribution is -2.12. The standard InChI is InChI=1S/C19H15N3O5S/c1-13-2-3-14(12-20-13)19(23)21-15-4-8-17(9-5-15)28(26,27)18-10-6-16(7-11-18)22(24)25/h2-12H,1H3,(H,21,23). The lowest BCUT2D eigenvalue weighted by atomic mass is 10.2. The summed E-state index contributed by atoms with van der Waals surface area (Å²) in [5.74, 6) is -0.363. The van der Waals surface area contributed by atoms with Crippen molar-refractivity contribution in [2.24, 2.45) is 0 Å². The zero-order chi connectivity index (χ0) is 20.3. The van der Waals surface area contributed by atoms with Crippen molar-refractivity contribution in [1.29, 1.82) is 0 Å². The Kier molecular flexibility index (Phi) is 5.18. The van der Waals surface area contributed by atoms with E-state index < -0.39 is 14.8 Å². The van der Waals surface area contributed by atoms with Crippen molar-refractivity contribution < 1.29 is 18.1 Å². The van der Waals surface area contributed by atoms with Gasteiger partial charge in [0.25, 0.3) is 11.6 Å². The molecule has 142 valence electrons. The number of nitrogens with one attached hydrogen (secondary N) is 1. The first-order valence-electron chi connectivity index (χ1n) is 8.11. The zero-order valence-electron chi connectivity index (χ0n) is 14.7. The molecule has 0 saturated carbocycles. The maximum atomic E-state index is 12.6. The van der Waals surface area contributed by atoms with Crippen molar-refractivity contribution >= 4 is 27.1 Å². The predicted octanol–water partition coefficient (Wildman–Crippen LogP) is 3.38. The lowest BCUT2D eigenvalue weighted by molar-refractivity contribution is -0.384. The Morgan fingerprint density at radius 2 is 1.54 bits per heavy atom. The van der Waals surface area contributed by atoms with Gasteiger partial charge in [-0.05, 0) is 55.5 Å². The molecule has 0 fully saturated rings. The van der Waals surface area contributed by atoms with Crippen LogP contribution in [0.25, 0.3) is 0 Å². The fourth-order valence-electron chi connectivity index (χ4n) is 2.41. The van der Waals surface area contributed by atoms with Crippen molar-refractivity contribution in [1.82, 2.24) is 4.98 Å². The number of aromatic nitrogens is 1. The number of sulfone groups is 1. The van der Waals surface area contributed by atoms with E-state index in [0.29, 0.717) is 11.3 Å². The summed E-state index contributed by atoms with van der Waals surface area (Å²) in [4.78, 5) is 26.3. The molecule has 0 atom stereocenters. The summed E-state index contributed by atoms with van der Waals surface area (Å²) in [6.07, 6.45) is 1.46. The van der Waals surface area contributed by atoms with E-state index in [-0.39, 0.29) is 21.4 Å². The minimum absolute atomic E-state index is 0.0105. The Balaban J connectivity index is 1.78. The fourth-order valence-corrected chi connectivity index (χ4v) is 3.67. The highest BCUT2D eigenvalue weighted by molar-refractivity contribution is 7.91. The van der Waals surface area contributed by atoms with Gasteiger partial charge in [0.15, 0.2) is 0 Å². The van der Waals surface area contributed by atoms with E-state index in [9.17, 15) is 23.3 Å². The van der Waals surface area contributed by atoms with Crippen LogP contribution >= 0.6 is 0 Å². The van der Waals surface area contributed by atoms with Gasteiger partial charge < -0.3 is 5.32 Å². The number of hydrogen-bond acceptors (Lipinski definition) is 6. The second kappa shape index (κ2) is 7.57. The third-order valence-electron chi connectivity index (χ3n) is 3.95. The first kappa shape index (κ1) is 19.2. The van der Waals surface area contributed by atoms with Gasteiger partial charge in [-0.25, -0.2) is 8.42 Å². The molecule has 0 unspecified atom stereocenters. The minimum atomic E-state index is -3.83. The van der Waals surface area contributed by atoms with Crippen molar-refractivity contribution in [3.8, 4) is 0 Å². The summed E-state index contributed by atoms with van der Waals surface area (Å²) in [6.45, 7) is 1.81. The molecule has 0 spiro atoms. The summed E-state index contributed by atoms with van der Waals surface area (Å²) in [5, 5.41) is 13.4. The van der Waals surface area contributed by atoms with Crippen LogP contribution in [0.4, 0.5) is 11.4 Å². The topological polar surface area (TPSA) is 119 Å². The Hall–Kier alpha value is -3.59. The van der Waals surface area contributed by atoms with Gasteiger partial charge >= 0.3 is 0 Å². The fraction of sp³-hybridized carbons (Fsp3) is 0.0526. The normalized spacial score (nSPS) is 11.0. The smallest absolute Gasteiger partial charge is 0.269 e. The van der Waals surface area contributed by atoms with E-state index in [1.165, 1.54) is 42.6 Å². The third-order valence-corrected chi connectivity index (χ3v) is 5.74. The van der Waals surface area contributed by atoms with Crippen molar-refractivity contribution in [3.05, 3.63) is 88.2 Å². The Bertz CT molecular complexity index is 1120. The number of amides is 1. The van der Waals surface area contributed by atoms with Gasteiger partial charge in [-0.3, -0.25) is 19.9 Å². The lowest BCUT2D eigenvalue weighted by Gasteiger charge is -2.08. The zero-order valence-corrected chi connectivity index (χ0v) is 15.5. The van der Waals surface area contributed by atoms with Gasteiger partial charge in [-0.2, -0.15) is 0 Å². The average molecular weight is 397 g/mol. The van der Waals surface area contributed by atoms with Crippen LogP contribution in [-0.4, -0.2) is 24.2 Å². The quantitative estimate of drug-likeness (QED) is 0.521. The van der Waals surface area contributed by atoms with Crippen LogP contribution in [0.1, 0.15) is 16.1 Å². The van der Waals surface area contributed by atoms with Crippen molar-refractivity contribution in [2.45, 2.75) is 16.7 Å². The number of non-ortho nitro benzene ring substituents is 1. The number of carbonyl (C=O) groups excluding carboxylic acids is 1. The maximum Gasteiger partial charge on any atom is 0.269 e. The molecule has 0 aliphatic rings. The number of nitro benzene ring substituents is 1. The van der Waals surface area contributed by atoms with Gasteiger partial charge in [-0.1, -0.05) is 0 Å². The Morgan fingerprint density at radius 1 is 0.964 bits per heavy atom. The third kappa shape index (κ3) is 4.04. The first-order chi connectivity index (χ1) is 13.3. The number of nitro groups is 1. The van der Waals surface area contributed by atoms with Crippen molar-refractivity contribution in [2.75, 3.05) is 5.32 Å². The highest BCUT2D eigenvalue weighted by Crippen LogP contribution is 2.24. The van der Waals surface area contributed by atoms with Crippen LogP contribution in [0.2, 0.25) is 0 Å². The molecular weight excluding hydrogens is 382 g/mol. The van der Waals surface area contributed by atoms with Crippen LogP contribution in [-0.2, 0) is 9.84 Å². The van der Waals surface area contributed by atoms with Crippen LogP contribution < -0.4 is 5.32 Å². The number of benzene rings is 2. The predicted molar refractivity (Wildman–Crippen MR) is 102 cm³/mol. The molecule has 0 radical (unpaired) electrons. The number of pyridine rings is 1. The summed E-state index contributed by atoms with van der Waals surface area (Å²) in [5.41, 5.74) is 1.40. The summed E-state index contributed by atoms with van der Waals surface area (Å²) >= 11 is 0. The number of hydrogen-bond donors (Lipinski definition) is 1. The molecular formula is C19H15N3O5S. The number of rotatable bonds is 5. The molecule has 3 aromatic rings. The summed E-state index contributed by atoms with van der Waals surface area (Å²) in [7, 11) is -3.83. The monoisotopic (exact) mass is 397 g/mol. The van der Waals surface area contributed by atoms with Gasteiger partial charge in [0.05, 0.1) is 20.3 Å². The maximum absolute atomic E-state index is 12.6. The van der Waals surface area contributed by atoms with Crippen LogP contribution in [0.3, 0.4) is 0 Å². The second-order valence-electron chi connectivity index (χ2n) is 5.92. The SMILES string of the molecule is Cc1ccc(C(=O)Nc2ccc(S(=O)(=O)c3ccc([N+](=O)[O-])cc3)cc2)cn1. The van der Waals surface area contributed by atoms with E-state index in [1.807, 2.05) is 6.92 Å². The van der Waals surface area contributed by atoms with Gasteiger partial charge in [0.2, 0.25) is 9.84 Å². The van der Waals surface area contributed by atoms with E-state index in [0.717, 1.165) is 17.8 Å². The number of aryl methyl sites for hydroxylation is 1. The van der Waals surface area contributed by atoms with E-state index >= 15 is 0 Å². The minimum Gasteiger partial charge on any atom is -0.322 e. The number of carbonyl (C=O) groups is 1. The summed E-state index contributed by atoms with van der Waals surface area (Å²) < 4.78 is 25.3. The molecule has 2 aromatic carbocycles. The van der Waals surface area contributed by atoms with E-state index in [4.69, 9.17) is 0 Å². The molecule has 1 aromatic heterocycles. The van der Waals surface area contributed by atoms with Gasteiger partial charge in [-0.15, -0.1) is 0 Å². The van der Waals surface area contributed by atoms with E-state index in [1.54, 1.807) is 12.1 Å². The molecule has 3 rings (SSSR count). The molecule has 8 nitrogen and oxygen atoms in total. The molecule has 9 heteroatoms. The van der Waals surface area contributed by atoms with Gasteiger partial charge in [0, 0.05) is 29.7 Å². The van der Waals surface area contributed by atoms with Crippen molar-refractivity contribution in [3.63, 3.8) is 0 Å².